The Labute approximate surface area is 115 Å². The minimum Gasteiger partial charge on any atom is -0.480 e. The van der Waals surface area contributed by atoms with Crippen LogP contribution in [0.1, 0.15) is 47.5 Å². The summed E-state index contributed by atoms with van der Waals surface area (Å²) in [6.45, 7) is 11.2. The molecule has 0 spiro atoms. The van der Waals surface area contributed by atoms with Crippen LogP contribution in [0.4, 0.5) is 4.79 Å². The highest BCUT2D eigenvalue weighted by atomic mass is 16.4. The number of carboxylic acids is 1. The number of carboxylic acid groups (broad SMARTS) is 1. The second-order valence-corrected chi connectivity index (χ2v) is 6.79. The Hall–Kier alpha value is -1.26. The Bertz CT molecular complexity index is 362. The van der Waals surface area contributed by atoms with Crippen molar-refractivity contribution in [2.24, 2.45) is 11.3 Å². The van der Waals surface area contributed by atoms with E-state index in [4.69, 9.17) is 0 Å². The highest BCUT2D eigenvalue weighted by Crippen LogP contribution is 2.29. The average molecular weight is 270 g/mol. The molecule has 0 aliphatic carbocycles. The maximum Gasteiger partial charge on any atom is 0.329 e. The lowest BCUT2D eigenvalue weighted by Crippen LogP contribution is -2.54. The van der Waals surface area contributed by atoms with E-state index in [9.17, 15) is 14.7 Å². The molecule has 5 nitrogen and oxygen atoms in total. The number of carbonyl (C=O) groups excluding carboxylic acids is 1. The molecule has 2 atom stereocenters. The van der Waals surface area contributed by atoms with E-state index in [0.717, 1.165) is 6.42 Å². The molecule has 1 heterocycles. The van der Waals surface area contributed by atoms with Gasteiger partial charge in [-0.05, 0) is 31.1 Å². The third-order valence-electron chi connectivity index (χ3n) is 4.38. The first-order valence-corrected chi connectivity index (χ1v) is 6.88. The van der Waals surface area contributed by atoms with Gasteiger partial charge in [0.1, 0.15) is 5.54 Å². The van der Waals surface area contributed by atoms with Gasteiger partial charge in [-0.25, -0.2) is 9.59 Å². The second kappa shape index (κ2) is 5.39. The summed E-state index contributed by atoms with van der Waals surface area (Å²) < 4.78 is 0. The zero-order valence-electron chi connectivity index (χ0n) is 12.6. The van der Waals surface area contributed by atoms with Gasteiger partial charge in [0.05, 0.1) is 0 Å². The van der Waals surface area contributed by atoms with Crippen LogP contribution in [0.5, 0.6) is 0 Å². The van der Waals surface area contributed by atoms with Gasteiger partial charge in [0.2, 0.25) is 0 Å². The van der Waals surface area contributed by atoms with Crippen molar-refractivity contribution in [3.63, 3.8) is 0 Å². The fraction of sp³-hybridized carbons (Fsp3) is 0.857. The van der Waals surface area contributed by atoms with Gasteiger partial charge in [0, 0.05) is 13.1 Å². The number of nitrogens with one attached hydrogen (secondary N) is 1. The van der Waals surface area contributed by atoms with Gasteiger partial charge in [0.15, 0.2) is 0 Å². The Morgan fingerprint density at radius 2 is 2.00 bits per heavy atom. The molecular formula is C14H26N2O3. The van der Waals surface area contributed by atoms with Crippen molar-refractivity contribution in [1.29, 1.82) is 0 Å². The summed E-state index contributed by atoms with van der Waals surface area (Å²) >= 11 is 0. The Morgan fingerprint density at radius 3 is 2.47 bits per heavy atom. The molecule has 0 radical (unpaired) electrons. The zero-order valence-corrected chi connectivity index (χ0v) is 12.6. The number of nitrogens with zero attached hydrogens (tertiary/aromatic N) is 1. The second-order valence-electron chi connectivity index (χ2n) is 6.79. The molecule has 0 aromatic heterocycles. The van der Waals surface area contributed by atoms with Gasteiger partial charge < -0.3 is 15.3 Å². The lowest BCUT2D eigenvalue weighted by molar-refractivity contribution is -0.147. The van der Waals surface area contributed by atoms with Gasteiger partial charge in [-0.1, -0.05) is 27.7 Å². The molecule has 1 aliphatic rings. The predicted octanol–water partition coefficient (Wildman–Crippen LogP) is 2.32. The molecule has 0 bridgehead atoms. The first-order valence-electron chi connectivity index (χ1n) is 6.88. The average Bonchev–Trinajstić information content (AvgIpc) is 2.67. The molecule has 2 amide bonds. The van der Waals surface area contributed by atoms with E-state index in [1.54, 1.807) is 6.92 Å². The molecule has 2 N–H and O–H groups in total. The summed E-state index contributed by atoms with van der Waals surface area (Å²) in [7, 11) is 0. The van der Waals surface area contributed by atoms with Gasteiger partial charge in [-0.3, -0.25) is 0 Å². The van der Waals surface area contributed by atoms with Crippen molar-refractivity contribution >= 4 is 12.0 Å². The van der Waals surface area contributed by atoms with Crippen LogP contribution in [0.2, 0.25) is 0 Å². The highest BCUT2D eigenvalue weighted by Gasteiger charge is 2.46. The molecule has 0 aromatic rings. The molecular weight excluding hydrogens is 244 g/mol. The van der Waals surface area contributed by atoms with Gasteiger partial charge in [-0.2, -0.15) is 0 Å². The van der Waals surface area contributed by atoms with Crippen molar-refractivity contribution in [2.75, 3.05) is 13.1 Å². The maximum absolute atomic E-state index is 12.1. The summed E-state index contributed by atoms with van der Waals surface area (Å²) in [6, 6.07) is -0.265. The first-order chi connectivity index (χ1) is 8.59. The van der Waals surface area contributed by atoms with Crippen LogP contribution in [-0.4, -0.2) is 40.6 Å². The van der Waals surface area contributed by atoms with Crippen LogP contribution in [0.25, 0.3) is 0 Å². The number of hydrogen-bond acceptors (Lipinski definition) is 2. The first kappa shape index (κ1) is 15.8. The summed E-state index contributed by atoms with van der Waals surface area (Å²) in [5, 5.41) is 12.1. The number of amides is 2. The van der Waals surface area contributed by atoms with Crippen LogP contribution in [0.3, 0.4) is 0 Å². The molecule has 5 heteroatoms. The van der Waals surface area contributed by atoms with Gasteiger partial charge in [0.25, 0.3) is 0 Å². The molecule has 1 rings (SSSR count). The van der Waals surface area contributed by atoms with Crippen LogP contribution in [-0.2, 0) is 4.79 Å². The van der Waals surface area contributed by atoms with E-state index in [1.807, 2.05) is 0 Å². The van der Waals surface area contributed by atoms with Gasteiger partial charge in [-0.15, -0.1) is 0 Å². The predicted molar refractivity (Wildman–Crippen MR) is 74.0 cm³/mol. The van der Waals surface area contributed by atoms with E-state index < -0.39 is 11.5 Å². The van der Waals surface area contributed by atoms with Crippen LogP contribution < -0.4 is 5.32 Å². The fourth-order valence-electron chi connectivity index (χ4n) is 2.15. The third kappa shape index (κ3) is 3.39. The number of rotatable bonds is 3. The smallest absolute Gasteiger partial charge is 0.329 e. The molecule has 110 valence electrons. The molecule has 1 fully saturated rings. The summed E-state index contributed by atoms with van der Waals surface area (Å²) in [4.78, 5) is 24.9. The van der Waals surface area contributed by atoms with E-state index in [2.05, 4.69) is 33.0 Å². The lowest BCUT2D eigenvalue weighted by Gasteiger charge is -2.33. The molecule has 1 aliphatic heterocycles. The van der Waals surface area contributed by atoms with Crippen molar-refractivity contribution < 1.29 is 14.7 Å². The molecule has 0 aromatic carbocycles. The quantitative estimate of drug-likeness (QED) is 0.827. The minimum atomic E-state index is -1.06. The van der Waals surface area contributed by atoms with E-state index in [0.29, 0.717) is 25.4 Å². The molecule has 0 saturated carbocycles. The molecule has 1 saturated heterocycles. The molecule has 19 heavy (non-hydrogen) atoms. The van der Waals surface area contributed by atoms with Gasteiger partial charge >= 0.3 is 12.0 Å². The van der Waals surface area contributed by atoms with Crippen LogP contribution in [0, 0.1) is 11.3 Å². The van der Waals surface area contributed by atoms with Crippen molar-refractivity contribution in [2.45, 2.75) is 53.0 Å². The van der Waals surface area contributed by atoms with Crippen LogP contribution in [0.15, 0.2) is 0 Å². The lowest BCUT2D eigenvalue weighted by atomic mass is 9.82. The zero-order chi connectivity index (χ0) is 14.8. The topological polar surface area (TPSA) is 69.6 Å². The number of aliphatic carboxylic acids is 1. The fourth-order valence-corrected chi connectivity index (χ4v) is 2.15. The van der Waals surface area contributed by atoms with E-state index in [1.165, 1.54) is 4.90 Å². The Morgan fingerprint density at radius 1 is 1.42 bits per heavy atom. The maximum atomic E-state index is 12.1. The van der Waals surface area contributed by atoms with Crippen molar-refractivity contribution in [3.8, 4) is 0 Å². The Kier molecular flexibility index (Phi) is 4.48. The number of hydrogen-bond donors (Lipinski definition) is 2. The Balaban J connectivity index is 2.62. The normalized spacial score (nSPS) is 25.2. The minimum absolute atomic E-state index is 0.119. The SMILES string of the molecule is CC(CNC(=O)N1CCCC1(C)C(=O)O)C(C)(C)C. The largest absolute Gasteiger partial charge is 0.480 e. The van der Waals surface area contributed by atoms with Crippen molar-refractivity contribution in [1.82, 2.24) is 10.2 Å². The van der Waals surface area contributed by atoms with Crippen molar-refractivity contribution in [3.05, 3.63) is 0 Å². The summed E-state index contributed by atoms with van der Waals surface area (Å²) in [5.74, 6) is -0.598. The van der Waals surface area contributed by atoms with E-state index >= 15 is 0 Å². The number of urea groups is 1. The standard InChI is InChI=1S/C14H26N2O3/c1-10(13(2,3)4)9-15-12(19)16-8-6-7-14(16,5)11(17)18/h10H,6-9H2,1-5H3,(H,15,19)(H,17,18). The summed E-state index contributed by atoms with van der Waals surface area (Å²) in [6.07, 6.45) is 1.26. The number of likely N-dealkylation sites (tertiary alicyclic amines) is 1. The van der Waals surface area contributed by atoms with Crippen LogP contribution >= 0.6 is 0 Å². The third-order valence-corrected chi connectivity index (χ3v) is 4.38. The number of carbonyl (C=O) groups is 2. The molecule has 2 unspecified atom stereocenters. The summed E-state index contributed by atoms with van der Waals surface area (Å²) in [5.41, 5.74) is -0.941. The van der Waals surface area contributed by atoms with E-state index in [-0.39, 0.29) is 11.4 Å². The highest BCUT2D eigenvalue weighted by molar-refractivity contribution is 5.86. The monoisotopic (exact) mass is 270 g/mol.